The second-order valence-corrected chi connectivity index (χ2v) is 6.23. The van der Waals surface area contributed by atoms with Crippen molar-refractivity contribution in [3.63, 3.8) is 0 Å². The van der Waals surface area contributed by atoms with Crippen LogP contribution in [0.2, 0.25) is 0 Å². The van der Waals surface area contributed by atoms with E-state index in [0.717, 1.165) is 10.9 Å². The molecular formula is C18H18N4O2S. The van der Waals surface area contributed by atoms with Crippen LogP contribution >= 0.6 is 12.2 Å². The van der Waals surface area contributed by atoms with Crippen molar-refractivity contribution >= 4 is 34.1 Å². The largest absolute Gasteiger partial charge is 0.359 e. The number of benzene rings is 2. The number of hydrazine groups is 1. The third-order valence-corrected chi connectivity index (χ3v) is 3.70. The van der Waals surface area contributed by atoms with Gasteiger partial charge in [0.05, 0.1) is 5.39 Å². The van der Waals surface area contributed by atoms with Gasteiger partial charge in [0, 0.05) is 17.2 Å². The molecule has 1 heterocycles. The number of amides is 1. The number of hydrogen-bond donors (Lipinski definition) is 3. The summed E-state index contributed by atoms with van der Waals surface area (Å²) in [7, 11) is 0. The summed E-state index contributed by atoms with van der Waals surface area (Å²) >= 11 is 5.08. The molecule has 0 radical (unpaired) electrons. The zero-order chi connectivity index (χ0) is 17.8. The smallest absolute Gasteiger partial charge is 0.269 e. The molecule has 3 rings (SSSR count). The van der Waals surface area contributed by atoms with Gasteiger partial charge in [-0.2, -0.15) is 0 Å². The van der Waals surface area contributed by atoms with E-state index in [9.17, 15) is 4.79 Å². The maximum atomic E-state index is 12.3. The molecule has 3 N–H and O–H groups in total. The summed E-state index contributed by atoms with van der Waals surface area (Å²) in [5.74, 6) is 0.338. The van der Waals surface area contributed by atoms with E-state index < -0.39 is 0 Å². The van der Waals surface area contributed by atoms with Crippen LogP contribution in [0.1, 0.15) is 24.2 Å². The second kappa shape index (κ2) is 7.31. The molecule has 0 saturated heterocycles. The highest BCUT2D eigenvalue weighted by atomic mass is 32.1. The highest BCUT2D eigenvalue weighted by molar-refractivity contribution is 7.80. The molecule has 0 saturated carbocycles. The Kier molecular flexibility index (Phi) is 4.95. The van der Waals surface area contributed by atoms with Crippen LogP contribution in [-0.2, 0) is 0 Å². The molecule has 0 unspecified atom stereocenters. The quantitative estimate of drug-likeness (QED) is 0.496. The van der Waals surface area contributed by atoms with Crippen LogP contribution in [0.3, 0.4) is 0 Å². The lowest BCUT2D eigenvalue weighted by molar-refractivity contribution is 0.0943. The number of nitrogens with zero attached hydrogens (tertiary/aromatic N) is 1. The van der Waals surface area contributed by atoms with Crippen molar-refractivity contribution < 1.29 is 9.32 Å². The molecule has 128 valence electrons. The highest BCUT2D eigenvalue weighted by Gasteiger charge is 2.14. The van der Waals surface area contributed by atoms with E-state index in [-0.39, 0.29) is 11.9 Å². The standard InChI is InChI=1S/C18H18N4O2S/c1-11(2)19-18(25)21-20-17(23)13-8-9-15-14(10-13)16(24-22-15)12-6-4-3-5-7-12/h3-11H,1-2H3,(H,20,23)(H2,19,21,25). The van der Waals surface area contributed by atoms with E-state index in [2.05, 4.69) is 21.3 Å². The van der Waals surface area contributed by atoms with Gasteiger partial charge in [-0.05, 0) is 44.3 Å². The SMILES string of the molecule is CC(C)NC(=S)NNC(=O)c1ccc2noc(-c3ccccc3)c2c1. The summed E-state index contributed by atoms with van der Waals surface area (Å²) in [5.41, 5.74) is 7.34. The minimum Gasteiger partial charge on any atom is -0.359 e. The number of rotatable bonds is 3. The number of carbonyl (C=O) groups excluding carboxylic acids is 1. The minimum atomic E-state index is -0.296. The third-order valence-electron chi connectivity index (χ3n) is 3.48. The van der Waals surface area contributed by atoms with Crippen LogP contribution < -0.4 is 16.2 Å². The van der Waals surface area contributed by atoms with Crippen molar-refractivity contribution in [2.75, 3.05) is 0 Å². The average Bonchev–Trinajstić information content (AvgIpc) is 3.03. The number of carbonyl (C=O) groups is 1. The second-order valence-electron chi connectivity index (χ2n) is 5.82. The Balaban J connectivity index is 1.81. The van der Waals surface area contributed by atoms with Crippen molar-refractivity contribution in [2.45, 2.75) is 19.9 Å². The molecule has 0 aliphatic carbocycles. The van der Waals surface area contributed by atoms with Crippen molar-refractivity contribution in [2.24, 2.45) is 0 Å². The van der Waals surface area contributed by atoms with Crippen molar-refractivity contribution in [3.05, 3.63) is 54.1 Å². The van der Waals surface area contributed by atoms with Crippen LogP contribution in [-0.4, -0.2) is 22.2 Å². The Morgan fingerprint density at radius 3 is 2.60 bits per heavy atom. The number of nitrogens with one attached hydrogen (secondary N) is 3. The Morgan fingerprint density at radius 2 is 1.88 bits per heavy atom. The molecule has 6 nitrogen and oxygen atoms in total. The highest BCUT2D eigenvalue weighted by Crippen LogP contribution is 2.29. The van der Waals surface area contributed by atoms with Gasteiger partial charge in [0.2, 0.25) is 0 Å². The fourth-order valence-electron chi connectivity index (χ4n) is 2.36. The Bertz CT molecular complexity index is 906. The summed E-state index contributed by atoms with van der Waals surface area (Å²) in [4.78, 5) is 12.3. The van der Waals surface area contributed by atoms with E-state index in [0.29, 0.717) is 22.0 Å². The first-order chi connectivity index (χ1) is 12.0. The number of fused-ring (bicyclic) bond motifs is 1. The van der Waals surface area contributed by atoms with E-state index in [4.69, 9.17) is 16.7 Å². The minimum absolute atomic E-state index is 0.179. The zero-order valence-electron chi connectivity index (χ0n) is 13.9. The van der Waals surface area contributed by atoms with E-state index in [1.807, 2.05) is 44.2 Å². The Hall–Kier alpha value is -2.93. The van der Waals surface area contributed by atoms with E-state index in [1.165, 1.54) is 0 Å². The monoisotopic (exact) mass is 354 g/mol. The molecule has 0 aliphatic rings. The van der Waals surface area contributed by atoms with Crippen LogP contribution in [0.25, 0.3) is 22.2 Å². The Morgan fingerprint density at radius 1 is 1.12 bits per heavy atom. The van der Waals surface area contributed by atoms with Gasteiger partial charge in [-0.25, -0.2) is 0 Å². The van der Waals surface area contributed by atoms with Crippen LogP contribution in [0.15, 0.2) is 53.1 Å². The maximum absolute atomic E-state index is 12.3. The van der Waals surface area contributed by atoms with Crippen LogP contribution in [0.4, 0.5) is 0 Å². The fourth-order valence-corrected chi connectivity index (χ4v) is 2.65. The van der Waals surface area contributed by atoms with E-state index >= 15 is 0 Å². The normalized spacial score (nSPS) is 10.7. The molecule has 0 atom stereocenters. The molecule has 0 spiro atoms. The van der Waals surface area contributed by atoms with Crippen molar-refractivity contribution in [1.82, 2.24) is 21.3 Å². The zero-order valence-corrected chi connectivity index (χ0v) is 14.7. The lowest BCUT2D eigenvalue weighted by Gasteiger charge is -2.13. The lowest BCUT2D eigenvalue weighted by Crippen LogP contribution is -2.48. The van der Waals surface area contributed by atoms with Gasteiger partial charge < -0.3 is 9.84 Å². The third kappa shape index (κ3) is 3.95. The van der Waals surface area contributed by atoms with Crippen LogP contribution in [0, 0.1) is 0 Å². The summed E-state index contributed by atoms with van der Waals surface area (Å²) in [6.45, 7) is 3.92. The van der Waals surface area contributed by atoms with Crippen molar-refractivity contribution in [1.29, 1.82) is 0 Å². The predicted octanol–water partition coefficient (Wildman–Crippen LogP) is 3.01. The fraction of sp³-hybridized carbons (Fsp3) is 0.167. The first kappa shape index (κ1) is 16.9. The molecule has 1 aromatic heterocycles. The molecule has 1 amide bonds. The summed E-state index contributed by atoms with van der Waals surface area (Å²) < 4.78 is 5.45. The number of thiocarbonyl (C=S) groups is 1. The van der Waals surface area contributed by atoms with Gasteiger partial charge in [0.25, 0.3) is 5.91 Å². The molecule has 2 aromatic carbocycles. The van der Waals surface area contributed by atoms with Crippen molar-refractivity contribution in [3.8, 4) is 11.3 Å². The van der Waals surface area contributed by atoms with Gasteiger partial charge >= 0.3 is 0 Å². The Labute approximate surface area is 150 Å². The van der Waals surface area contributed by atoms with Gasteiger partial charge in [-0.15, -0.1) is 0 Å². The molecule has 0 aliphatic heterocycles. The number of aromatic nitrogens is 1. The first-order valence-electron chi connectivity index (χ1n) is 7.86. The summed E-state index contributed by atoms with van der Waals surface area (Å²) in [6.07, 6.45) is 0. The summed E-state index contributed by atoms with van der Waals surface area (Å²) in [6, 6.07) is 15.0. The van der Waals surface area contributed by atoms with Gasteiger partial charge in [0.1, 0.15) is 5.52 Å². The molecule has 25 heavy (non-hydrogen) atoms. The number of hydrogen-bond acceptors (Lipinski definition) is 4. The van der Waals surface area contributed by atoms with Gasteiger partial charge in [-0.1, -0.05) is 35.5 Å². The maximum Gasteiger partial charge on any atom is 0.269 e. The molecule has 3 aromatic rings. The molecule has 7 heteroatoms. The van der Waals surface area contributed by atoms with Crippen LogP contribution in [0.5, 0.6) is 0 Å². The molecular weight excluding hydrogens is 336 g/mol. The first-order valence-corrected chi connectivity index (χ1v) is 8.27. The summed E-state index contributed by atoms with van der Waals surface area (Å²) in [5, 5.41) is 8.18. The van der Waals surface area contributed by atoms with Gasteiger partial charge in [0.15, 0.2) is 10.9 Å². The van der Waals surface area contributed by atoms with E-state index in [1.54, 1.807) is 18.2 Å². The molecule has 0 fully saturated rings. The predicted molar refractivity (Wildman–Crippen MR) is 101 cm³/mol. The molecule has 0 bridgehead atoms. The topological polar surface area (TPSA) is 79.2 Å². The lowest BCUT2D eigenvalue weighted by atomic mass is 10.1. The van der Waals surface area contributed by atoms with Gasteiger partial charge in [-0.3, -0.25) is 15.6 Å². The average molecular weight is 354 g/mol.